The van der Waals surface area contributed by atoms with Crippen LogP contribution >= 0.6 is 0 Å². The zero-order valence-electron chi connectivity index (χ0n) is 12.9. The first-order chi connectivity index (χ1) is 9.88. The fourth-order valence-electron chi connectivity index (χ4n) is 3.22. The lowest BCUT2D eigenvalue weighted by atomic mass is 9.85. The van der Waals surface area contributed by atoms with Crippen molar-refractivity contribution in [3.05, 3.63) is 29.3 Å². The number of hydrogen-bond acceptors (Lipinski definition) is 3. The molecule has 0 spiro atoms. The summed E-state index contributed by atoms with van der Waals surface area (Å²) in [7, 11) is -3.35. The third-order valence-corrected chi connectivity index (χ3v) is 6.64. The van der Waals surface area contributed by atoms with Gasteiger partial charge in [0.15, 0.2) is 0 Å². The molecule has 0 amide bonds. The predicted octanol–water partition coefficient (Wildman–Crippen LogP) is 2.49. The molecule has 1 aromatic carbocycles. The molecule has 21 heavy (non-hydrogen) atoms. The van der Waals surface area contributed by atoms with Crippen LogP contribution in [0.15, 0.2) is 23.1 Å². The van der Waals surface area contributed by atoms with Gasteiger partial charge in [0.25, 0.3) is 0 Å². The van der Waals surface area contributed by atoms with E-state index in [0.29, 0.717) is 18.0 Å². The van der Waals surface area contributed by atoms with E-state index in [1.54, 1.807) is 10.4 Å². The molecule has 0 aromatic heterocycles. The van der Waals surface area contributed by atoms with Crippen molar-refractivity contribution in [2.24, 2.45) is 5.41 Å². The van der Waals surface area contributed by atoms with E-state index in [-0.39, 0.29) is 5.41 Å². The van der Waals surface area contributed by atoms with Gasteiger partial charge in [0, 0.05) is 26.2 Å². The van der Waals surface area contributed by atoms with Crippen LogP contribution in [-0.4, -0.2) is 25.8 Å². The van der Waals surface area contributed by atoms with Gasteiger partial charge in [0.2, 0.25) is 10.0 Å². The Balaban J connectivity index is 1.86. The van der Waals surface area contributed by atoms with E-state index in [0.717, 1.165) is 37.9 Å². The second-order valence-electron chi connectivity index (χ2n) is 6.96. The molecule has 2 heterocycles. The highest BCUT2D eigenvalue weighted by Gasteiger charge is 2.30. The van der Waals surface area contributed by atoms with Crippen LogP contribution < -0.4 is 5.32 Å². The Morgan fingerprint density at radius 2 is 1.86 bits per heavy atom. The molecule has 0 radical (unpaired) electrons. The average Bonchev–Trinajstić information content (AvgIpc) is 2.81. The minimum atomic E-state index is -3.35. The lowest BCUT2D eigenvalue weighted by Crippen LogP contribution is -2.32. The molecule has 1 fully saturated rings. The summed E-state index contributed by atoms with van der Waals surface area (Å²) in [4.78, 5) is 0.449. The maximum atomic E-state index is 12.9. The molecule has 0 aliphatic carbocycles. The second kappa shape index (κ2) is 5.38. The van der Waals surface area contributed by atoms with Gasteiger partial charge in [-0.25, -0.2) is 8.42 Å². The fourth-order valence-corrected chi connectivity index (χ4v) is 4.75. The van der Waals surface area contributed by atoms with E-state index in [9.17, 15) is 8.42 Å². The van der Waals surface area contributed by atoms with Gasteiger partial charge in [0.05, 0.1) is 4.90 Å². The maximum absolute atomic E-state index is 12.9. The number of sulfonamides is 1. The molecule has 116 valence electrons. The van der Waals surface area contributed by atoms with Crippen molar-refractivity contribution in [1.29, 1.82) is 0 Å². The summed E-state index contributed by atoms with van der Waals surface area (Å²) in [5.74, 6) is 0. The van der Waals surface area contributed by atoms with Crippen molar-refractivity contribution >= 4 is 10.0 Å². The SMILES string of the molecule is CC1(C)CCCN(S(=O)(=O)c2ccc3c(c2)CNC3)CC1. The lowest BCUT2D eigenvalue weighted by Gasteiger charge is -2.23. The highest BCUT2D eigenvalue weighted by molar-refractivity contribution is 7.89. The first-order valence-electron chi connectivity index (χ1n) is 7.71. The van der Waals surface area contributed by atoms with Crippen LogP contribution in [0.25, 0.3) is 0 Å². The Morgan fingerprint density at radius 3 is 2.67 bits per heavy atom. The van der Waals surface area contributed by atoms with E-state index in [1.165, 1.54) is 5.56 Å². The van der Waals surface area contributed by atoms with Crippen molar-refractivity contribution in [1.82, 2.24) is 9.62 Å². The third kappa shape index (κ3) is 3.00. The van der Waals surface area contributed by atoms with Crippen LogP contribution in [0.2, 0.25) is 0 Å². The highest BCUT2D eigenvalue weighted by Crippen LogP contribution is 2.32. The fraction of sp³-hybridized carbons (Fsp3) is 0.625. The molecular formula is C16H24N2O2S. The number of nitrogens with zero attached hydrogens (tertiary/aromatic N) is 1. The van der Waals surface area contributed by atoms with Crippen molar-refractivity contribution < 1.29 is 8.42 Å². The zero-order chi connectivity index (χ0) is 15.1. The zero-order valence-corrected chi connectivity index (χ0v) is 13.7. The highest BCUT2D eigenvalue weighted by atomic mass is 32.2. The molecule has 1 N–H and O–H groups in total. The van der Waals surface area contributed by atoms with Crippen molar-refractivity contribution in [2.75, 3.05) is 13.1 Å². The molecule has 4 nitrogen and oxygen atoms in total. The number of benzene rings is 1. The smallest absolute Gasteiger partial charge is 0.243 e. The van der Waals surface area contributed by atoms with Crippen molar-refractivity contribution in [3.8, 4) is 0 Å². The van der Waals surface area contributed by atoms with Crippen LogP contribution in [0.4, 0.5) is 0 Å². The molecule has 0 atom stereocenters. The monoisotopic (exact) mass is 308 g/mol. The van der Waals surface area contributed by atoms with Gasteiger partial charge in [-0.05, 0) is 47.9 Å². The Kier molecular flexibility index (Phi) is 3.84. The first kappa shape index (κ1) is 15.0. The van der Waals surface area contributed by atoms with E-state index < -0.39 is 10.0 Å². The average molecular weight is 308 g/mol. The molecule has 0 saturated carbocycles. The van der Waals surface area contributed by atoms with Crippen molar-refractivity contribution in [2.45, 2.75) is 51.1 Å². The van der Waals surface area contributed by atoms with Crippen LogP contribution in [0.1, 0.15) is 44.2 Å². The summed E-state index contributed by atoms with van der Waals surface area (Å²) in [5.41, 5.74) is 2.57. The number of rotatable bonds is 2. The molecule has 1 aromatic rings. The number of nitrogens with one attached hydrogen (secondary N) is 1. The van der Waals surface area contributed by atoms with Gasteiger partial charge in [-0.1, -0.05) is 19.9 Å². The first-order valence-corrected chi connectivity index (χ1v) is 9.15. The minimum absolute atomic E-state index is 0.242. The topological polar surface area (TPSA) is 49.4 Å². The molecule has 2 aliphatic heterocycles. The van der Waals surface area contributed by atoms with Gasteiger partial charge in [-0.15, -0.1) is 0 Å². The van der Waals surface area contributed by atoms with E-state index >= 15 is 0 Å². The molecule has 2 aliphatic rings. The van der Waals surface area contributed by atoms with Gasteiger partial charge < -0.3 is 5.32 Å². The predicted molar refractivity (Wildman–Crippen MR) is 83.4 cm³/mol. The largest absolute Gasteiger partial charge is 0.309 e. The summed E-state index contributed by atoms with van der Waals surface area (Å²) in [6.07, 6.45) is 2.96. The lowest BCUT2D eigenvalue weighted by molar-refractivity contribution is 0.315. The molecular weight excluding hydrogens is 284 g/mol. The molecule has 0 unspecified atom stereocenters. The standard InChI is InChI=1S/C16H24N2O2S/c1-16(2)6-3-8-18(9-7-16)21(19,20)15-5-4-13-11-17-12-14(13)10-15/h4-5,10,17H,3,6-9,11-12H2,1-2H3. The second-order valence-corrected chi connectivity index (χ2v) is 8.89. The quantitative estimate of drug-likeness (QED) is 0.913. The number of hydrogen-bond donors (Lipinski definition) is 1. The Labute approximate surface area is 127 Å². The van der Waals surface area contributed by atoms with Crippen LogP contribution in [0, 0.1) is 5.41 Å². The molecule has 3 rings (SSSR count). The summed E-state index contributed by atoms with van der Waals surface area (Å²) < 4.78 is 27.4. The summed E-state index contributed by atoms with van der Waals surface area (Å²) in [6, 6.07) is 5.56. The van der Waals surface area contributed by atoms with E-state index in [1.807, 2.05) is 12.1 Å². The third-order valence-electron chi connectivity index (χ3n) is 4.75. The summed E-state index contributed by atoms with van der Waals surface area (Å²) >= 11 is 0. The van der Waals surface area contributed by atoms with Crippen molar-refractivity contribution in [3.63, 3.8) is 0 Å². The maximum Gasteiger partial charge on any atom is 0.243 e. The molecule has 0 bridgehead atoms. The van der Waals surface area contributed by atoms with Gasteiger partial charge >= 0.3 is 0 Å². The molecule has 5 heteroatoms. The van der Waals surface area contributed by atoms with Gasteiger partial charge in [-0.3, -0.25) is 0 Å². The van der Waals surface area contributed by atoms with Gasteiger partial charge in [0.1, 0.15) is 0 Å². The molecule has 1 saturated heterocycles. The minimum Gasteiger partial charge on any atom is -0.309 e. The Hall–Kier alpha value is -0.910. The normalized spacial score (nSPS) is 22.8. The van der Waals surface area contributed by atoms with Crippen LogP contribution in [-0.2, 0) is 23.1 Å². The summed E-state index contributed by atoms with van der Waals surface area (Å²) in [6.45, 7) is 7.33. The van der Waals surface area contributed by atoms with E-state index in [4.69, 9.17) is 0 Å². The summed E-state index contributed by atoms with van der Waals surface area (Å²) in [5, 5.41) is 3.26. The Bertz CT molecular complexity index is 638. The number of fused-ring (bicyclic) bond motifs is 1. The van der Waals surface area contributed by atoms with E-state index in [2.05, 4.69) is 19.2 Å². The Morgan fingerprint density at radius 1 is 1.10 bits per heavy atom. The van der Waals surface area contributed by atoms with Crippen LogP contribution in [0.3, 0.4) is 0 Å². The van der Waals surface area contributed by atoms with Gasteiger partial charge in [-0.2, -0.15) is 4.31 Å². The van der Waals surface area contributed by atoms with Crippen LogP contribution in [0.5, 0.6) is 0 Å².